The molecule has 1 aliphatic heterocycles. The number of hydrogen-bond acceptors (Lipinski definition) is 7. The summed E-state index contributed by atoms with van der Waals surface area (Å²) in [5, 5.41) is 23.0. The summed E-state index contributed by atoms with van der Waals surface area (Å²) in [5.74, 6) is -2.09. The van der Waals surface area contributed by atoms with Crippen LogP contribution < -0.4 is 20.1 Å². The molecule has 0 saturated carbocycles. The van der Waals surface area contributed by atoms with Crippen LogP contribution in [0.2, 0.25) is 0 Å². The third kappa shape index (κ3) is 7.72. The van der Waals surface area contributed by atoms with Gasteiger partial charge in [0.1, 0.15) is 13.2 Å². The smallest absolute Gasteiger partial charge is 0.414 e. The number of nitrogens with one attached hydrogen (secondary N) is 2. The van der Waals surface area contributed by atoms with Gasteiger partial charge in [-0.3, -0.25) is 4.79 Å². The van der Waals surface area contributed by atoms with Gasteiger partial charge in [-0.15, -0.1) is 11.3 Å². The summed E-state index contributed by atoms with van der Waals surface area (Å²) in [6.45, 7) is 4.15. The van der Waals surface area contributed by atoms with E-state index in [2.05, 4.69) is 16.7 Å². The Hall–Kier alpha value is -3.11. The minimum atomic E-state index is -1.82. The molecule has 4 N–H and O–H groups in total. The van der Waals surface area contributed by atoms with E-state index in [4.69, 9.17) is 29.3 Å². The molecule has 0 fully saturated rings. The lowest BCUT2D eigenvalue weighted by atomic mass is 10.1. The van der Waals surface area contributed by atoms with Gasteiger partial charge >= 0.3 is 11.9 Å². The maximum absolute atomic E-state index is 11.9. The maximum atomic E-state index is 11.9. The molecule has 3 rings (SSSR count). The van der Waals surface area contributed by atoms with Crippen LogP contribution >= 0.6 is 11.3 Å². The fourth-order valence-corrected chi connectivity index (χ4v) is 3.24. The fraction of sp³-hybridized carbons (Fsp3) is 0.350. The molecule has 0 radical (unpaired) electrons. The zero-order valence-corrected chi connectivity index (χ0v) is 17.2. The molecule has 9 nitrogen and oxygen atoms in total. The van der Waals surface area contributed by atoms with Crippen molar-refractivity contribution in [2.45, 2.75) is 19.4 Å². The van der Waals surface area contributed by atoms with Gasteiger partial charge in [-0.1, -0.05) is 12.1 Å². The van der Waals surface area contributed by atoms with Crippen molar-refractivity contribution in [1.82, 2.24) is 10.6 Å². The predicted molar refractivity (Wildman–Crippen MR) is 110 cm³/mol. The van der Waals surface area contributed by atoms with Crippen molar-refractivity contribution in [1.29, 1.82) is 0 Å². The monoisotopic (exact) mass is 436 g/mol. The molecule has 2 aromatic rings. The van der Waals surface area contributed by atoms with Crippen molar-refractivity contribution < 1.29 is 34.1 Å². The zero-order chi connectivity index (χ0) is 21.9. The predicted octanol–water partition coefficient (Wildman–Crippen LogP) is 1.68. The number of rotatable bonds is 7. The Labute approximate surface area is 177 Å². The Morgan fingerprint density at radius 3 is 2.43 bits per heavy atom. The van der Waals surface area contributed by atoms with Crippen LogP contribution in [0.4, 0.5) is 0 Å². The van der Waals surface area contributed by atoms with Gasteiger partial charge in [0, 0.05) is 17.5 Å². The van der Waals surface area contributed by atoms with Crippen LogP contribution in [0.1, 0.15) is 23.4 Å². The van der Waals surface area contributed by atoms with Gasteiger partial charge in [-0.05, 0) is 42.5 Å². The lowest BCUT2D eigenvalue weighted by Crippen LogP contribution is -2.36. The summed E-state index contributed by atoms with van der Waals surface area (Å²) in [7, 11) is 0. The lowest BCUT2D eigenvalue weighted by molar-refractivity contribution is -0.159. The molecule has 1 unspecified atom stereocenters. The van der Waals surface area contributed by atoms with Crippen LogP contribution in [0.25, 0.3) is 0 Å². The van der Waals surface area contributed by atoms with E-state index in [-0.39, 0.29) is 11.9 Å². The number of carboxylic acids is 2. The molecular weight excluding hydrogens is 412 g/mol. The molecule has 0 bridgehead atoms. The number of carbonyl (C=O) groups excluding carboxylic acids is 1. The number of carbonyl (C=O) groups is 3. The van der Waals surface area contributed by atoms with Gasteiger partial charge in [-0.25, -0.2) is 9.59 Å². The normalized spacial score (nSPS) is 12.8. The second-order valence-electron chi connectivity index (χ2n) is 6.30. The third-order valence-electron chi connectivity index (χ3n) is 4.09. The summed E-state index contributed by atoms with van der Waals surface area (Å²) < 4.78 is 11.1. The second kappa shape index (κ2) is 11.8. The first-order chi connectivity index (χ1) is 14.4. The molecule has 30 heavy (non-hydrogen) atoms. The Morgan fingerprint density at radius 1 is 1.10 bits per heavy atom. The quantitative estimate of drug-likeness (QED) is 0.482. The molecule has 1 aromatic heterocycles. The van der Waals surface area contributed by atoms with E-state index in [1.54, 1.807) is 11.3 Å². The second-order valence-corrected chi connectivity index (χ2v) is 7.33. The van der Waals surface area contributed by atoms with Crippen LogP contribution in [0.15, 0.2) is 35.7 Å². The van der Waals surface area contributed by atoms with Crippen molar-refractivity contribution in [3.63, 3.8) is 0 Å². The molecule has 1 aliphatic rings. The Morgan fingerprint density at radius 2 is 1.80 bits per heavy atom. The van der Waals surface area contributed by atoms with Crippen LogP contribution in [-0.2, 0) is 20.8 Å². The van der Waals surface area contributed by atoms with Gasteiger partial charge in [0.25, 0.3) is 0 Å². The molecule has 162 valence electrons. The van der Waals surface area contributed by atoms with E-state index in [1.165, 1.54) is 4.88 Å². The van der Waals surface area contributed by atoms with Crippen molar-refractivity contribution >= 4 is 29.2 Å². The van der Waals surface area contributed by atoms with Crippen molar-refractivity contribution in [2.75, 3.05) is 26.3 Å². The Balaban J connectivity index is 0.000000469. The Kier molecular flexibility index (Phi) is 9.10. The SMILES string of the molecule is CC(NCC(=O)NCCc1cccs1)c1ccc2c(c1)OCCO2.O=C(O)C(=O)O. The van der Waals surface area contributed by atoms with E-state index in [0.717, 1.165) is 23.5 Å². The average Bonchev–Trinajstić information content (AvgIpc) is 3.25. The van der Waals surface area contributed by atoms with E-state index in [0.29, 0.717) is 26.3 Å². The number of hydrogen-bond donors (Lipinski definition) is 4. The van der Waals surface area contributed by atoms with Crippen LogP contribution in [0, 0.1) is 0 Å². The number of benzene rings is 1. The van der Waals surface area contributed by atoms with E-state index in [1.807, 2.05) is 36.6 Å². The van der Waals surface area contributed by atoms with Crippen molar-refractivity contribution in [2.24, 2.45) is 0 Å². The zero-order valence-electron chi connectivity index (χ0n) is 16.4. The van der Waals surface area contributed by atoms with E-state index < -0.39 is 11.9 Å². The minimum Gasteiger partial charge on any atom is -0.486 e. The van der Waals surface area contributed by atoms with Gasteiger partial charge in [0.2, 0.25) is 5.91 Å². The van der Waals surface area contributed by atoms with Crippen molar-refractivity contribution in [3.8, 4) is 11.5 Å². The standard InChI is InChI=1S/C18H22N2O3S.C2H2O4/c1-13(14-4-5-16-17(11-14)23-9-8-22-16)20-12-18(21)19-7-6-15-3-2-10-24-15;3-1(4)2(5)6/h2-5,10-11,13,20H,6-9,12H2,1H3,(H,19,21);(H,3,4)(H,5,6). The summed E-state index contributed by atoms with van der Waals surface area (Å²) in [4.78, 5) is 31.4. The highest BCUT2D eigenvalue weighted by atomic mass is 32.1. The molecule has 0 saturated heterocycles. The molecule has 1 aromatic carbocycles. The maximum Gasteiger partial charge on any atom is 0.414 e. The van der Waals surface area contributed by atoms with E-state index in [9.17, 15) is 4.79 Å². The first kappa shape index (κ1) is 23.2. The topological polar surface area (TPSA) is 134 Å². The summed E-state index contributed by atoms with van der Waals surface area (Å²) in [6.07, 6.45) is 0.876. The number of ether oxygens (including phenoxy) is 2. The summed E-state index contributed by atoms with van der Waals surface area (Å²) >= 11 is 1.71. The fourth-order valence-electron chi connectivity index (χ4n) is 2.54. The molecular formula is C20H24N2O7S. The highest BCUT2D eigenvalue weighted by molar-refractivity contribution is 7.09. The van der Waals surface area contributed by atoms with E-state index >= 15 is 0 Å². The third-order valence-corrected chi connectivity index (χ3v) is 5.03. The molecule has 0 aliphatic carbocycles. The molecule has 1 atom stereocenters. The first-order valence-corrected chi connectivity index (χ1v) is 10.1. The highest BCUT2D eigenvalue weighted by Crippen LogP contribution is 2.32. The lowest BCUT2D eigenvalue weighted by Gasteiger charge is -2.21. The number of aliphatic carboxylic acids is 2. The summed E-state index contributed by atoms with van der Waals surface area (Å²) in [5.41, 5.74) is 1.07. The summed E-state index contributed by atoms with van der Waals surface area (Å²) in [6, 6.07) is 10.1. The molecule has 1 amide bonds. The van der Waals surface area contributed by atoms with Gasteiger partial charge in [-0.2, -0.15) is 0 Å². The molecule has 10 heteroatoms. The van der Waals surface area contributed by atoms with Crippen LogP contribution in [0.3, 0.4) is 0 Å². The van der Waals surface area contributed by atoms with Gasteiger partial charge < -0.3 is 30.3 Å². The number of fused-ring (bicyclic) bond motifs is 1. The number of carboxylic acid groups (broad SMARTS) is 2. The largest absolute Gasteiger partial charge is 0.486 e. The first-order valence-electron chi connectivity index (χ1n) is 9.25. The molecule has 0 spiro atoms. The van der Waals surface area contributed by atoms with Crippen LogP contribution in [0.5, 0.6) is 11.5 Å². The van der Waals surface area contributed by atoms with Crippen LogP contribution in [-0.4, -0.2) is 54.4 Å². The Bertz CT molecular complexity index is 843. The number of thiophene rings is 1. The van der Waals surface area contributed by atoms with Crippen molar-refractivity contribution in [3.05, 3.63) is 46.2 Å². The minimum absolute atomic E-state index is 0.0101. The van der Waals surface area contributed by atoms with Gasteiger partial charge in [0.05, 0.1) is 6.54 Å². The highest BCUT2D eigenvalue weighted by Gasteiger charge is 2.15. The average molecular weight is 436 g/mol. The number of amides is 1. The van der Waals surface area contributed by atoms with Gasteiger partial charge in [0.15, 0.2) is 11.5 Å². The molecule has 2 heterocycles.